The fraction of sp³-hybridized carbons (Fsp3) is 0.500. The molecule has 18 heavy (non-hydrogen) atoms. The number of hydrogen-bond donors (Lipinski definition) is 1. The van der Waals surface area contributed by atoms with E-state index in [0.717, 1.165) is 16.1 Å². The Labute approximate surface area is 112 Å². The lowest BCUT2D eigenvalue weighted by atomic mass is 9.96. The molecule has 0 amide bonds. The summed E-state index contributed by atoms with van der Waals surface area (Å²) in [5.41, 5.74) is 1.87. The Morgan fingerprint density at radius 1 is 1.39 bits per heavy atom. The van der Waals surface area contributed by atoms with E-state index >= 15 is 0 Å². The second kappa shape index (κ2) is 4.90. The Bertz CT molecular complexity index is 465. The maximum atomic E-state index is 12.0. The molecular formula is C14H18ClNO2. The summed E-state index contributed by atoms with van der Waals surface area (Å²) in [4.78, 5) is 12.0. The minimum Gasteiger partial charge on any atom is -0.459 e. The van der Waals surface area contributed by atoms with Crippen molar-refractivity contribution in [1.82, 2.24) is 5.32 Å². The van der Waals surface area contributed by atoms with Crippen molar-refractivity contribution >= 4 is 17.6 Å². The third kappa shape index (κ3) is 3.24. The zero-order chi connectivity index (χ0) is 13.3. The van der Waals surface area contributed by atoms with Gasteiger partial charge in [-0.3, -0.25) is 4.79 Å². The number of ether oxygens (including phenoxy) is 1. The molecule has 1 aromatic rings. The van der Waals surface area contributed by atoms with Gasteiger partial charge in [-0.25, -0.2) is 0 Å². The van der Waals surface area contributed by atoms with Crippen LogP contribution >= 0.6 is 11.6 Å². The van der Waals surface area contributed by atoms with E-state index in [9.17, 15) is 4.79 Å². The van der Waals surface area contributed by atoms with E-state index in [1.807, 2.05) is 39.0 Å². The lowest BCUT2D eigenvalue weighted by Gasteiger charge is -2.28. The van der Waals surface area contributed by atoms with Crippen LogP contribution in [0.1, 0.15) is 31.9 Å². The molecule has 0 unspecified atom stereocenters. The van der Waals surface area contributed by atoms with E-state index in [0.29, 0.717) is 13.0 Å². The highest BCUT2D eigenvalue weighted by molar-refractivity contribution is 6.30. The van der Waals surface area contributed by atoms with Gasteiger partial charge in [-0.05, 0) is 50.5 Å². The number of hydrogen-bond acceptors (Lipinski definition) is 3. The zero-order valence-corrected chi connectivity index (χ0v) is 11.7. The first-order valence-corrected chi connectivity index (χ1v) is 6.46. The molecule has 3 nitrogen and oxygen atoms in total. The van der Waals surface area contributed by atoms with Gasteiger partial charge in [0.2, 0.25) is 0 Å². The van der Waals surface area contributed by atoms with Crippen LogP contribution in [0.15, 0.2) is 18.2 Å². The Morgan fingerprint density at radius 3 is 2.78 bits per heavy atom. The molecule has 0 fully saturated rings. The Morgan fingerprint density at radius 2 is 2.11 bits per heavy atom. The number of benzene rings is 1. The van der Waals surface area contributed by atoms with Gasteiger partial charge in [0.25, 0.3) is 0 Å². The first-order valence-electron chi connectivity index (χ1n) is 6.09. The quantitative estimate of drug-likeness (QED) is 0.795. The van der Waals surface area contributed by atoms with Crippen molar-refractivity contribution in [3.05, 3.63) is 34.3 Å². The van der Waals surface area contributed by atoms with Gasteiger partial charge in [0.05, 0.1) is 0 Å². The van der Waals surface area contributed by atoms with E-state index in [1.165, 1.54) is 0 Å². The van der Waals surface area contributed by atoms with Crippen molar-refractivity contribution < 1.29 is 9.53 Å². The van der Waals surface area contributed by atoms with E-state index in [4.69, 9.17) is 16.3 Å². The Balaban J connectivity index is 2.08. The number of esters is 1. The fourth-order valence-corrected chi connectivity index (χ4v) is 2.22. The molecule has 1 N–H and O–H groups in total. The summed E-state index contributed by atoms with van der Waals surface area (Å²) in [7, 11) is 0. The summed E-state index contributed by atoms with van der Waals surface area (Å²) >= 11 is 5.94. The second-order valence-electron chi connectivity index (χ2n) is 5.58. The normalized spacial score (nSPS) is 19.2. The number of carbonyl (C=O) groups is 1. The molecule has 0 aromatic heterocycles. The van der Waals surface area contributed by atoms with Crippen LogP contribution in [0, 0.1) is 0 Å². The van der Waals surface area contributed by atoms with Gasteiger partial charge in [-0.2, -0.15) is 0 Å². The Kier molecular flexibility index (Phi) is 3.64. The van der Waals surface area contributed by atoms with Crippen LogP contribution in [-0.4, -0.2) is 17.6 Å². The SMILES string of the molecule is CC(C)(C)OC(=O)[C@@H]1Cc2ccc(Cl)cc2CN1. The number of halogens is 1. The zero-order valence-electron chi connectivity index (χ0n) is 10.9. The van der Waals surface area contributed by atoms with Crippen LogP contribution in [0.25, 0.3) is 0 Å². The molecule has 2 rings (SSSR count). The van der Waals surface area contributed by atoms with Gasteiger partial charge >= 0.3 is 5.97 Å². The highest BCUT2D eigenvalue weighted by Gasteiger charge is 2.28. The minimum atomic E-state index is -0.445. The summed E-state index contributed by atoms with van der Waals surface area (Å²) in [5.74, 6) is -0.192. The predicted octanol–water partition coefficient (Wildman–Crippen LogP) is 2.70. The molecule has 0 radical (unpaired) electrons. The van der Waals surface area contributed by atoms with Crippen LogP contribution in [0.2, 0.25) is 5.02 Å². The molecular weight excluding hydrogens is 250 g/mol. The lowest BCUT2D eigenvalue weighted by molar-refractivity contribution is -0.157. The summed E-state index contributed by atoms with van der Waals surface area (Å²) < 4.78 is 5.39. The van der Waals surface area contributed by atoms with Crippen molar-refractivity contribution in [2.75, 3.05) is 0 Å². The van der Waals surface area contributed by atoms with Crippen LogP contribution in [0.4, 0.5) is 0 Å². The average molecular weight is 268 g/mol. The molecule has 1 aromatic carbocycles. The van der Waals surface area contributed by atoms with Gasteiger partial charge in [0.15, 0.2) is 0 Å². The van der Waals surface area contributed by atoms with Crippen LogP contribution < -0.4 is 5.32 Å². The molecule has 0 saturated carbocycles. The van der Waals surface area contributed by atoms with Gasteiger partial charge in [-0.1, -0.05) is 17.7 Å². The summed E-state index contributed by atoms with van der Waals surface area (Å²) in [5, 5.41) is 3.92. The minimum absolute atomic E-state index is 0.192. The second-order valence-corrected chi connectivity index (χ2v) is 6.02. The molecule has 1 atom stereocenters. The first kappa shape index (κ1) is 13.4. The molecule has 0 saturated heterocycles. The Hall–Kier alpha value is -1.06. The topological polar surface area (TPSA) is 38.3 Å². The molecule has 0 bridgehead atoms. The van der Waals surface area contributed by atoms with E-state index < -0.39 is 5.60 Å². The molecule has 1 heterocycles. The maximum absolute atomic E-state index is 12.0. The molecule has 0 aliphatic carbocycles. The maximum Gasteiger partial charge on any atom is 0.324 e. The summed E-state index contributed by atoms with van der Waals surface area (Å²) in [6, 6.07) is 5.51. The highest BCUT2D eigenvalue weighted by atomic mass is 35.5. The average Bonchev–Trinajstić information content (AvgIpc) is 2.26. The van der Waals surface area contributed by atoms with Crippen LogP contribution in [-0.2, 0) is 22.5 Å². The van der Waals surface area contributed by atoms with E-state index in [2.05, 4.69) is 5.32 Å². The largest absolute Gasteiger partial charge is 0.459 e. The number of rotatable bonds is 1. The van der Waals surface area contributed by atoms with E-state index in [-0.39, 0.29) is 12.0 Å². The van der Waals surface area contributed by atoms with Crippen molar-refractivity contribution in [3.8, 4) is 0 Å². The monoisotopic (exact) mass is 267 g/mol. The standard InChI is InChI=1S/C14H18ClNO2/c1-14(2,3)18-13(17)12-7-9-4-5-11(15)6-10(9)8-16-12/h4-6,12,16H,7-8H2,1-3H3/t12-/m0/s1. The molecule has 1 aliphatic rings. The smallest absolute Gasteiger partial charge is 0.324 e. The summed E-state index contributed by atoms with van der Waals surface area (Å²) in [6.07, 6.45) is 0.654. The summed E-state index contributed by atoms with van der Waals surface area (Å²) in [6.45, 7) is 6.28. The molecule has 1 aliphatic heterocycles. The van der Waals surface area contributed by atoms with Gasteiger partial charge in [0, 0.05) is 11.6 Å². The van der Waals surface area contributed by atoms with Crippen LogP contribution in [0.5, 0.6) is 0 Å². The van der Waals surface area contributed by atoms with Crippen LogP contribution in [0.3, 0.4) is 0 Å². The number of carbonyl (C=O) groups excluding carboxylic acids is 1. The fourth-order valence-electron chi connectivity index (χ4n) is 2.02. The molecule has 0 spiro atoms. The predicted molar refractivity (Wildman–Crippen MR) is 71.6 cm³/mol. The van der Waals surface area contributed by atoms with Crippen molar-refractivity contribution in [2.24, 2.45) is 0 Å². The van der Waals surface area contributed by atoms with Crippen molar-refractivity contribution in [1.29, 1.82) is 0 Å². The highest BCUT2D eigenvalue weighted by Crippen LogP contribution is 2.22. The van der Waals surface area contributed by atoms with Crippen molar-refractivity contribution in [3.63, 3.8) is 0 Å². The van der Waals surface area contributed by atoms with Gasteiger partial charge in [-0.15, -0.1) is 0 Å². The third-order valence-electron chi connectivity index (χ3n) is 2.82. The third-order valence-corrected chi connectivity index (χ3v) is 3.06. The molecule has 98 valence electrons. The first-order chi connectivity index (χ1) is 8.35. The van der Waals surface area contributed by atoms with Gasteiger partial charge < -0.3 is 10.1 Å². The van der Waals surface area contributed by atoms with Crippen molar-refractivity contribution in [2.45, 2.75) is 45.4 Å². The lowest BCUT2D eigenvalue weighted by Crippen LogP contribution is -2.45. The number of fused-ring (bicyclic) bond motifs is 1. The number of nitrogens with one attached hydrogen (secondary N) is 1. The van der Waals surface area contributed by atoms with Gasteiger partial charge in [0.1, 0.15) is 11.6 Å². The molecule has 4 heteroatoms. The van der Waals surface area contributed by atoms with E-state index in [1.54, 1.807) is 0 Å².